The van der Waals surface area contributed by atoms with E-state index >= 15 is 0 Å². The van der Waals surface area contributed by atoms with Crippen molar-refractivity contribution in [3.8, 4) is 0 Å². The fourth-order valence-corrected chi connectivity index (χ4v) is 3.95. The van der Waals surface area contributed by atoms with Gasteiger partial charge in [-0.3, -0.25) is 9.10 Å². The van der Waals surface area contributed by atoms with Crippen molar-refractivity contribution in [2.75, 3.05) is 24.2 Å². The van der Waals surface area contributed by atoms with Crippen LogP contribution in [-0.4, -0.2) is 39.1 Å². The van der Waals surface area contributed by atoms with Gasteiger partial charge < -0.3 is 4.90 Å². The summed E-state index contributed by atoms with van der Waals surface area (Å²) in [5.74, 6) is 0.00816. The number of carbonyl (C=O) groups is 1. The van der Waals surface area contributed by atoms with Crippen LogP contribution in [0.4, 0.5) is 5.69 Å². The molecule has 2 aromatic carbocycles. The van der Waals surface area contributed by atoms with Gasteiger partial charge in [0.25, 0.3) is 0 Å². The Balaban J connectivity index is 1.95. The van der Waals surface area contributed by atoms with Crippen LogP contribution in [0.3, 0.4) is 0 Å². The molecule has 0 aliphatic heterocycles. The molecule has 0 unspecified atom stereocenters. The second kappa shape index (κ2) is 9.04. The average molecular weight is 389 g/mol. The summed E-state index contributed by atoms with van der Waals surface area (Å²) in [6.45, 7) is 4.75. The molecule has 6 heteroatoms. The lowest BCUT2D eigenvalue weighted by Crippen LogP contribution is -2.33. The van der Waals surface area contributed by atoms with Gasteiger partial charge in [0.05, 0.1) is 11.9 Å². The molecule has 2 rings (SSSR count). The van der Waals surface area contributed by atoms with E-state index in [0.717, 1.165) is 11.1 Å². The highest BCUT2D eigenvalue weighted by molar-refractivity contribution is 7.92. The third-order valence-electron chi connectivity index (χ3n) is 4.50. The topological polar surface area (TPSA) is 57.7 Å². The minimum atomic E-state index is -3.40. The molecular weight excluding hydrogens is 360 g/mol. The van der Waals surface area contributed by atoms with Crippen molar-refractivity contribution >= 4 is 21.6 Å². The van der Waals surface area contributed by atoms with Crippen LogP contribution in [0.25, 0.3) is 0 Å². The Hall–Kier alpha value is -2.34. The van der Waals surface area contributed by atoms with Crippen LogP contribution in [0, 0.1) is 13.8 Å². The van der Waals surface area contributed by atoms with E-state index in [1.807, 2.05) is 56.3 Å². The Kier molecular flexibility index (Phi) is 7.02. The molecule has 0 saturated heterocycles. The van der Waals surface area contributed by atoms with Gasteiger partial charge in [0.1, 0.15) is 0 Å². The highest BCUT2D eigenvalue weighted by Crippen LogP contribution is 2.22. The van der Waals surface area contributed by atoms with Crippen LogP contribution in [0.2, 0.25) is 0 Å². The predicted octanol–water partition coefficient (Wildman–Crippen LogP) is 3.51. The summed E-state index contributed by atoms with van der Waals surface area (Å²) in [6, 6.07) is 15.5. The molecule has 0 aliphatic carbocycles. The summed E-state index contributed by atoms with van der Waals surface area (Å²) in [5.41, 5.74) is 3.82. The lowest BCUT2D eigenvalue weighted by atomic mass is 10.1. The van der Waals surface area contributed by atoms with Crippen molar-refractivity contribution < 1.29 is 13.2 Å². The fraction of sp³-hybridized carbons (Fsp3) is 0.381. The predicted molar refractivity (Wildman–Crippen MR) is 110 cm³/mol. The molecule has 2 aromatic rings. The highest BCUT2D eigenvalue weighted by Gasteiger charge is 2.19. The molecule has 0 bridgehead atoms. The van der Waals surface area contributed by atoms with E-state index in [1.165, 1.54) is 16.1 Å². The zero-order valence-corrected chi connectivity index (χ0v) is 17.3. The summed E-state index contributed by atoms with van der Waals surface area (Å²) in [5, 5.41) is 0. The van der Waals surface area contributed by atoms with Gasteiger partial charge in [-0.15, -0.1) is 0 Å². The van der Waals surface area contributed by atoms with Crippen LogP contribution in [-0.2, 0) is 21.4 Å². The number of benzene rings is 2. The lowest BCUT2D eigenvalue weighted by Gasteiger charge is -2.24. The molecule has 0 atom stereocenters. The summed E-state index contributed by atoms with van der Waals surface area (Å²) < 4.78 is 25.8. The first kappa shape index (κ1) is 21.0. The van der Waals surface area contributed by atoms with Gasteiger partial charge in [-0.25, -0.2) is 8.42 Å². The van der Waals surface area contributed by atoms with Gasteiger partial charge in [-0.1, -0.05) is 48.0 Å². The molecular formula is C21H28N2O3S. The number of rotatable bonds is 8. The minimum absolute atomic E-state index is 0.00816. The van der Waals surface area contributed by atoms with Crippen LogP contribution < -0.4 is 4.31 Å². The van der Waals surface area contributed by atoms with Gasteiger partial charge in [-0.05, 0) is 37.5 Å². The van der Waals surface area contributed by atoms with Gasteiger partial charge in [0, 0.05) is 26.6 Å². The van der Waals surface area contributed by atoms with Crippen LogP contribution >= 0.6 is 0 Å². The van der Waals surface area contributed by atoms with Gasteiger partial charge in [-0.2, -0.15) is 0 Å². The number of sulfonamides is 1. The second-order valence-corrected chi connectivity index (χ2v) is 8.87. The lowest BCUT2D eigenvalue weighted by molar-refractivity contribution is -0.130. The normalized spacial score (nSPS) is 11.3. The number of anilines is 1. The average Bonchev–Trinajstić information content (AvgIpc) is 2.60. The molecule has 0 aliphatic rings. The van der Waals surface area contributed by atoms with Crippen molar-refractivity contribution in [2.24, 2.45) is 0 Å². The Labute approximate surface area is 162 Å². The van der Waals surface area contributed by atoms with E-state index in [2.05, 4.69) is 0 Å². The Bertz CT molecular complexity index is 877. The zero-order chi connectivity index (χ0) is 20.0. The minimum Gasteiger partial charge on any atom is -0.341 e. The molecule has 0 spiro atoms. The maximum Gasteiger partial charge on any atom is 0.232 e. The Morgan fingerprint density at radius 1 is 1.00 bits per heavy atom. The standard InChI is InChI=1S/C21H28N2O3S/c1-17-11-13-19(14-12-17)16-22(3)21(24)10-7-15-23(27(4,25)26)20-9-6-5-8-18(20)2/h5-6,8-9,11-14H,7,10,15-16H2,1-4H3. The van der Waals surface area contributed by atoms with Crippen molar-refractivity contribution in [2.45, 2.75) is 33.2 Å². The highest BCUT2D eigenvalue weighted by atomic mass is 32.2. The van der Waals surface area contributed by atoms with Gasteiger partial charge >= 0.3 is 0 Å². The fourth-order valence-electron chi connectivity index (χ4n) is 2.93. The largest absolute Gasteiger partial charge is 0.341 e. The molecule has 5 nitrogen and oxygen atoms in total. The molecule has 0 heterocycles. The molecule has 0 radical (unpaired) electrons. The second-order valence-electron chi connectivity index (χ2n) is 6.96. The maximum absolute atomic E-state index is 12.4. The Morgan fingerprint density at radius 2 is 1.63 bits per heavy atom. The molecule has 1 amide bonds. The first-order valence-electron chi connectivity index (χ1n) is 9.01. The molecule has 0 aromatic heterocycles. The van der Waals surface area contributed by atoms with E-state index in [1.54, 1.807) is 18.0 Å². The van der Waals surface area contributed by atoms with Crippen LogP contribution in [0.5, 0.6) is 0 Å². The SMILES string of the molecule is Cc1ccc(CN(C)C(=O)CCCN(c2ccccc2C)S(C)(=O)=O)cc1. The molecule has 27 heavy (non-hydrogen) atoms. The molecule has 0 saturated carbocycles. The molecule has 146 valence electrons. The van der Waals surface area contributed by atoms with Crippen molar-refractivity contribution in [1.82, 2.24) is 4.90 Å². The van der Waals surface area contributed by atoms with E-state index in [4.69, 9.17) is 0 Å². The molecule has 0 N–H and O–H groups in total. The number of hydrogen-bond acceptors (Lipinski definition) is 3. The van der Waals surface area contributed by atoms with Crippen molar-refractivity contribution in [3.05, 3.63) is 65.2 Å². The number of carbonyl (C=O) groups excluding carboxylic acids is 1. The first-order valence-corrected chi connectivity index (χ1v) is 10.9. The first-order chi connectivity index (χ1) is 12.7. The van der Waals surface area contributed by atoms with Gasteiger partial charge in [0.15, 0.2) is 0 Å². The molecule has 0 fully saturated rings. The van der Waals surface area contributed by atoms with E-state index in [9.17, 15) is 13.2 Å². The van der Waals surface area contributed by atoms with Crippen LogP contribution in [0.1, 0.15) is 29.5 Å². The van der Waals surface area contributed by atoms with Crippen LogP contribution in [0.15, 0.2) is 48.5 Å². The van der Waals surface area contributed by atoms with Crippen molar-refractivity contribution in [3.63, 3.8) is 0 Å². The number of nitrogens with zero attached hydrogens (tertiary/aromatic N) is 2. The smallest absolute Gasteiger partial charge is 0.232 e. The zero-order valence-electron chi connectivity index (χ0n) is 16.5. The number of hydrogen-bond donors (Lipinski definition) is 0. The summed E-state index contributed by atoms with van der Waals surface area (Å²) in [6.07, 6.45) is 1.98. The summed E-state index contributed by atoms with van der Waals surface area (Å²) >= 11 is 0. The third-order valence-corrected chi connectivity index (χ3v) is 5.68. The van der Waals surface area contributed by atoms with E-state index in [0.29, 0.717) is 25.1 Å². The summed E-state index contributed by atoms with van der Waals surface area (Å²) in [7, 11) is -1.63. The number of aryl methyl sites for hydroxylation is 2. The third kappa shape index (κ3) is 6.10. The maximum atomic E-state index is 12.4. The summed E-state index contributed by atoms with van der Waals surface area (Å²) in [4.78, 5) is 14.1. The van der Waals surface area contributed by atoms with Crippen molar-refractivity contribution in [1.29, 1.82) is 0 Å². The van der Waals surface area contributed by atoms with E-state index < -0.39 is 10.0 Å². The van der Waals surface area contributed by atoms with Gasteiger partial charge in [0.2, 0.25) is 15.9 Å². The number of amides is 1. The Morgan fingerprint density at radius 3 is 2.22 bits per heavy atom. The number of para-hydroxylation sites is 1. The quantitative estimate of drug-likeness (QED) is 0.695. The monoisotopic (exact) mass is 388 g/mol. The van der Waals surface area contributed by atoms with E-state index in [-0.39, 0.29) is 12.5 Å².